The molecule has 1 aromatic heterocycles. The third-order valence-corrected chi connectivity index (χ3v) is 4.82. The molecular formula is C17H14Cl2N2S. The van der Waals surface area contributed by atoms with Crippen molar-refractivity contribution in [1.29, 1.82) is 0 Å². The summed E-state index contributed by atoms with van der Waals surface area (Å²) in [4.78, 5) is 5.63. The quantitative estimate of drug-likeness (QED) is 0.573. The maximum atomic E-state index is 6.30. The first-order chi connectivity index (χ1) is 10.5. The summed E-state index contributed by atoms with van der Waals surface area (Å²) in [5, 5.41) is 3.34. The van der Waals surface area contributed by atoms with Crippen molar-refractivity contribution in [2.24, 2.45) is 12.0 Å². The molecule has 0 fully saturated rings. The van der Waals surface area contributed by atoms with E-state index in [2.05, 4.69) is 24.4 Å². The van der Waals surface area contributed by atoms with Crippen LogP contribution in [0.4, 0.5) is 5.69 Å². The van der Waals surface area contributed by atoms with Crippen LogP contribution >= 0.6 is 34.5 Å². The van der Waals surface area contributed by atoms with Gasteiger partial charge in [-0.1, -0.05) is 35.3 Å². The molecule has 0 bridgehead atoms. The van der Waals surface area contributed by atoms with Crippen molar-refractivity contribution in [2.75, 3.05) is 0 Å². The van der Waals surface area contributed by atoms with Gasteiger partial charge in [-0.2, -0.15) is 0 Å². The van der Waals surface area contributed by atoms with Gasteiger partial charge >= 0.3 is 0 Å². The van der Waals surface area contributed by atoms with Crippen LogP contribution in [0.15, 0.2) is 52.8 Å². The van der Waals surface area contributed by atoms with Crippen LogP contribution < -0.4 is 4.80 Å². The second kappa shape index (κ2) is 6.29. The summed E-state index contributed by atoms with van der Waals surface area (Å²) in [6, 6.07) is 13.7. The monoisotopic (exact) mass is 348 g/mol. The zero-order valence-corrected chi connectivity index (χ0v) is 14.5. The minimum Gasteiger partial charge on any atom is -0.319 e. The van der Waals surface area contributed by atoms with Crippen LogP contribution in [0.25, 0.3) is 11.3 Å². The van der Waals surface area contributed by atoms with Crippen LogP contribution in [0.5, 0.6) is 0 Å². The van der Waals surface area contributed by atoms with E-state index in [1.165, 1.54) is 5.56 Å². The SMILES string of the molecule is Cc1cccc(N=c2scc(-c3ccc(Cl)cc3Cl)n2C)c1. The van der Waals surface area contributed by atoms with Gasteiger partial charge in [-0.15, -0.1) is 11.3 Å². The number of hydrogen-bond donors (Lipinski definition) is 0. The minimum atomic E-state index is 0.635. The number of aryl methyl sites for hydroxylation is 1. The highest BCUT2D eigenvalue weighted by Gasteiger charge is 2.09. The Hall–Kier alpha value is -1.55. The summed E-state index contributed by atoms with van der Waals surface area (Å²) in [5.41, 5.74) is 4.13. The van der Waals surface area contributed by atoms with E-state index in [0.717, 1.165) is 21.7 Å². The zero-order chi connectivity index (χ0) is 15.7. The molecule has 0 aliphatic heterocycles. The van der Waals surface area contributed by atoms with Crippen molar-refractivity contribution in [1.82, 2.24) is 4.57 Å². The van der Waals surface area contributed by atoms with Gasteiger partial charge in [0.15, 0.2) is 4.80 Å². The van der Waals surface area contributed by atoms with E-state index in [9.17, 15) is 0 Å². The van der Waals surface area contributed by atoms with Crippen LogP contribution in [-0.2, 0) is 7.05 Å². The molecule has 5 heteroatoms. The first-order valence-electron chi connectivity index (χ1n) is 6.76. The molecule has 2 aromatic carbocycles. The Bertz CT molecular complexity index is 894. The second-order valence-corrected chi connectivity index (χ2v) is 6.72. The van der Waals surface area contributed by atoms with Crippen molar-refractivity contribution in [3.8, 4) is 11.3 Å². The number of halogens is 2. The van der Waals surface area contributed by atoms with E-state index in [-0.39, 0.29) is 0 Å². The lowest BCUT2D eigenvalue weighted by molar-refractivity contribution is 0.883. The summed E-state index contributed by atoms with van der Waals surface area (Å²) < 4.78 is 2.04. The molecule has 3 rings (SSSR count). The minimum absolute atomic E-state index is 0.635. The van der Waals surface area contributed by atoms with Gasteiger partial charge in [0, 0.05) is 23.0 Å². The molecule has 0 radical (unpaired) electrons. The van der Waals surface area contributed by atoms with Crippen LogP contribution in [-0.4, -0.2) is 4.57 Å². The average Bonchev–Trinajstić information content (AvgIpc) is 2.81. The lowest BCUT2D eigenvalue weighted by Crippen LogP contribution is -2.10. The predicted octanol–water partition coefficient (Wildman–Crippen LogP) is 5.60. The van der Waals surface area contributed by atoms with Crippen molar-refractivity contribution in [3.63, 3.8) is 0 Å². The Balaban J connectivity index is 2.09. The molecule has 22 heavy (non-hydrogen) atoms. The fourth-order valence-corrected chi connectivity index (χ4v) is 3.64. The van der Waals surface area contributed by atoms with E-state index in [1.807, 2.05) is 35.9 Å². The van der Waals surface area contributed by atoms with E-state index in [0.29, 0.717) is 10.0 Å². The normalized spacial score (nSPS) is 11.9. The highest BCUT2D eigenvalue weighted by Crippen LogP contribution is 2.30. The average molecular weight is 349 g/mol. The van der Waals surface area contributed by atoms with Gasteiger partial charge in [-0.3, -0.25) is 0 Å². The Labute approximate surface area is 143 Å². The molecule has 3 aromatic rings. The smallest absolute Gasteiger partial charge is 0.190 e. The van der Waals surface area contributed by atoms with Gasteiger partial charge in [0.25, 0.3) is 0 Å². The van der Waals surface area contributed by atoms with E-state index in [4.69, 9.17) is 28.2 Å². The lowest BCUT2D eigenvalue weighted by atomic mass is 10.2. The van der Waals surface area contributed by atoms with Crippen LogP contribution in [0.2, 0.25) is 10.0 Å². The Morgan fingerprint density at radius 1 is 1.09 bits per heavy atom. The maximum Gasteiger partial charge on any atom is 0.190 e. The van der Waals surface area contributed by atoms with Gasteiger partial charge in [0.1, 0.15) is 0 Å². The maximum absolute atomic E-state index is 6.30. The lowest BCUT2D eigenvalue weighted by Gasteiger charge is -2.05. The molecule has 1 heterocycles. The molecule has 0 N–H and O–H groups in total. The summed E-state index contributed by atoms with van der Waals surface area (Å²) in [6.07, 6.45) is 0. The molecule has 0 amide bonds. The fraction of sp³-hybridized carbons (Fsp3) is 0.118. The molecule has 112 valence electrons. The van der Waals surface area contributed by atoms with Crippen molar-refractivity contribution in [3.05, 3.63) is 68.3 Å². The Morgan fingerprint density at radius 3 is 2.64 bits per heavy atom. The number of nitrogens with zero attached hydrogens (tertiary/aromatic N) is 2. The molecule has 0 spiro atoms. The number of hydrogen-bond acceptors (Lipinski definition) is 2. The molecule has 0 saturated heterocycles. The van der Waals surface area contributed by atoms with E-state index >= 15 is 0 Å². The fourth-order valence-electron chi connectivity index (χ4n) is 2.22. The summed E-state index contributed by atoms with van der Waals surface area (Å²) in [7, 11) is 1.99. The molecule has 0 aliphatic rings. The predicted molar refractivity (Wildman–Crippen MR) is 95.1 cm³/mol. The molecule has 0 aliphatic carbocycles. The first-order valence-corrected chi connectivity index (χ1v) is 8.39. The van der Waals surface area contributed by atoms with E-state index in [1.54, 1.807) is 17.4 Å². The van der Waals surface area contributed by atoms with Crippen molar-refractivity contribution < 1.29 is 0 Å². The van der Waals surface area contributed by atoms with Crippen LogP contribution in [0.1, 0.15) is 5.56 Å². The molecule has 0 unspecified atom stereocenters. The van der Waals surface area contributed by atoms with Gasteiger partial charge < -0.3 is 4.57 Å². The standard InChI is InChI=1S/C17H14Cl2N2S/c1-11-4-3-5-13(8-11)20-17-21(2)16(10-22-17)14-7-6-12(18)9-15(14)19/h3-10H,1-2H3. The molecule has 2 nitrogen and oxygen atoms in total. The van der Waals surface area contributed by atoms with Gasteiger partial charge in [-0.05, 0) is 42.8 Å². The van der Waals surface area contributed by atoms with Crippen LogP contribution in [0.3, 0.4) is 0 Å². The summed E-state index contributed by atoms with van der Waals surface area (Å²) in [6.45, 7) is 2.06. The largest absolute Gasteiger partial charge is 0.319 e. The highest BCUT2D eigenvalue weighted by molar-refractivity contribution is 7.07. The van der Waals surface area contributed by atoms with Gasteiger partial charge in [-0.25, -0.2) is 4.99 Å². The number of rotatable bonds is 2. The number of thiazole rings is 1. The summed E-state index contributed by atoms with van der Waals surface area (Å²) in [5.74, 6) is 0. The first kappa shape index (κ1) is 15.3. The van der Waals surface area contributed by atoms with E-state index < -0.39 is 0 Å². The topological polar surface area (TPSA) is 17.3 Å². The van der Waals surface area contributed by atoms with Gasteiger partial charge in [0.05, 0.1) is 16.4 Å². The third-order valence-electron chi connectivity index (χ3n) is 3.36. The zero-order valence-electron chi connectivity index (χ0n) is 12.2. The highest BCUT2D eigenvalue weighted by atomic mass is 35.5. The summed E-state index contributed by atoms with van der Waals surface area (Å²) >= 11 is 13.9. The van der Waals surface area contributed by atoms with Gasteiger partial charge in [0.2, 0.25) is 0 Å². The Kier molecular flexibility index (Phi) is 4.39. The molecule has 0 saturated carbocycles. The second-order valence-electron chi connectivity index (χ2n) is 5.04. The molecular weight excluding hydrogens is 335 g/mol. The third kappa shape index (κ3) is 3.12. The van der Waals surface area contributed by atoms with Crippen molar-refractivity contribution in [2.45, 2.75) is 6.92 Å². The van der Waals surface area contributed by atoms with Crippen molar-refractivity contribution >= 4 is 40.2 Å². The Morgan fingerprint density at radius 2 is 1.91 bits per heavy atom. The molecule has 0 atom stereocenters. The number of aromatic nitrogens is 1. The van der Waals surface area contributed by atoms with Crippen LogP contribution in [0, 0.1) is 6.92 Å². The number of benzene rings is 2.